The minimum Gasteiger partial charge on any atom is -0.444 e. The fourth-order valence-corrected chi connectivity index (χ4v) is 3.91. The van der Waals surface area contributed by atoms with Gasteiger partial charge in [0.25, 0.3) is 0 Å². The number of hydrogen-bond donors (Lipinski definition) is 0. The van der Waals surface area contributed by atoms with Gasteiger partial charge < -0.3 is 9.64 Å². The quantitative estimate of drug-likeness (QED) is 0.575. The Kier molecular flexibility index (Phi) is 5.02. The maximum Gasteiger partial charge on any atom is 0.410 e. The van der Waals surface area contributed by atoms with Gasteiger partial charge in [0.05, 0.1) is 17.9 Å². The predicted octanol–water partition coefficient (Wildman–Crippen LogP) is 4.53. The second kappa shape index (κ2) is 6.83. The van der Waals surface area contributed by atoms with E-state index in [1.807, 2.05) is 25.5 Å². The van der Waals surface area contributed by atoms with E-state index in [4.69, 9.17) is 9.84 Å². The number of carbonyl (C=O) groups is 1. The summed E-state index contributed by atoms with van der Waals surface area (Å²) in [5.41, 5.74) is 3.53. The van der Waals surface area contributed by atoms with Crippen LogP contribution in [-0.4, -0.2) is 32.9 Å². The molecular formula is C19H23FIN3O2. The van der Waals surface area contributed by atoms with Crippen LogP contribution in [0, 0.1) is 23.4 Å². The van der Waals surface area contributed by atoms with Crippen molar-refractivity contribution in [1.29, 1.82) is 0 Å². The second-order valence-corrected chi connectivity index (χ2v) is 8.70. The summed E-state index contributed by atoms with van der Waals surface area (Å²) in [4.78, 5) is 14.1. The molecule has 2 aromatic rings. The van der Waals surface area contributed by atoms with Crippen molar-refractivity contribution in [3.63, 3.8) is 0 Å². The summed E-state index contributed by atoms with van der Waals surface area (Å²) in [6, 6.07) is 3.60. The summed E-state index contributed by atoms with van der Waals surface area (Å²) in [5, 5.41) is 4.71. The van der Waals surface area contributed by atoms with Crippen LogP contribution >= 0.6 is 22.6 Å². The number of benzene rings is 1. The van der Waals surface area contributed by atoms with Gasteiger partial charge in [0.2, 0.25) is 0 Å². The molecule has 3 rings (SSSR count). The van der Waals surface area contributed by atoms with Crippen LogP contribution in [-0.2, 0) is 17.7 Å². The number of ether oxygens (including phenoxy) is 1. The number of carbonyl (C=O) groups excluding carboxylic acids is 1. The maximum absolute atomic E-state index is 13.9. The van der Waals surface area contributed by atoms with Crippen LogP contribution in [0.15, 0.2) is 12.1 Å². The van der Waals surface area contributed by atoms with E-state index >= 15 is 0 Å². The van der Waals surface area contributed by atoms with E-state index in [-0.39, 0.29) is 11.9 Å². The molecular weight excluding hydrogens is 448 g/mol. The van der Waals surface area contributed by atoms with Gasteiger partial charge in [-0.3, -0.25) is 0 Å². The van der Waals surface area contributed by atoms with Crippen molar-refractivity contribution in [1.82, 2.24) is 14.7 Å². The summed E-state index contributed by atoms with van der Waals surface area (Å²) in [7, 11) is 0. The molecule has 0 bridgehead atoms. The lowest BCUT2D eigenvalue weighted by molar-refractivity contribution is 0.0223. The van der Waals surface area contributed by atoms with E-state index in [2.05, 4.69) is 22.6 Å². The van der Waals surface area contributed by atoms with Crippen molar-refractivity contribution in [3.8, 4) is 5.69 Å². The van der Waals surface area contributed by atoms with Crippen molar-refractivity contribution in [2.45, 2.75) is 53.2 Å². The van der Waals surface area contributed by atoms with Crippen molar-refractivity contribution < 1.29 is 13.9 Å². The third kappa shape index (κ3) is 3.72. The van der Waals surface area contributed by atoms with Crippen molar-refractivity contribution in [2.24, 2.45) is 0 Å². The molecule has 1 aliphatic heterocycles. The molecule has 0 atom stereocenters. The zero-order valence-electron chi connectivity index (χ0n) is 15.7. The van der Waals surface area contributed by atoms with Gasteiger partial charge in [0.1, 0.15) is 15.1 Å². The van der Waals surface area contributed by atoms with Crippen LogP contribution in [0.2, 0.25) is 0 Å². The number of halogens is 2. The molecule has 0 N–H and O–H groups in total. The summed E-state index contributed by atoms with van der Waals surface area (Å²) in [5.74, 6) is -0.184. The molecule has 0 spiro atoms. The lowest BCUT2D eigenvalue weighted by Gasteiger charge is -2.29. The highest BCUT2D eigenvalue weighted by Crippen LogP contribution is 2.28. The van der Waals surface area contributed by atoms with Crippen LogP contribution in [0.3, 0.4) is 0 Å². The lowest BCUT2D eigenvalue weighted by atomic mass is 10.1. The van der Waals surface area contributed by atoms with Crippen LogP contribution in [0.4, 0.5) is 9.18 Å². The largest absolute Gasteiger partial charge is 0.444 e. The number of fused-ring (bicyclic) bond motifs is 1. The lowest BCUT2D eigenvalue weighted by Crippen LogP contribution is -2.39. The minimum absolute atomic E-state index is 0.184. The summed E-state index contributed by atoms with van der Waals surface area (Å²) < 4.78 is 22.2. The fraction of sp³-hybridized carbons (Fsp3) is 0.474. The Bertz CT molecular complexity index is 847. The highest BCUT2D eigenvalue weighted by Gasteiger charge is 2.29. The molecule has 1 aromatic carbocycles. The Balaban J connectivity index is 1.91. The number of rotatable bonds is 1. The van der Waals surface area contributed by atoms with Crippen LogP contribution < -0.4 is 0 Å². The SMILES string of the molecule is Cc1cc(-n2nc3c(c2I)CN(C(=O)OC(C)(C)C)CC3)cc(C)c1F. The van der Waals surface area contributed by atoms with Crippen LogP contribution in [0.5, 0.6) is 0 Å². The third-order valence-electron chi connectivity index (χ3n) is 4.29. The predicted molar refractivity (Wildman–Crippen MR) is 106 cm³/mol. The number of aromatic nitrogens is 2. The number of nitrogens with zero attached hydrogens (tertiary/aromatic N) is 3. The molecule has 0 unspecified atom stereocenters. The fourth-order valence-electron chi connectivity index (χ4n) is 3.04. The third-order valence-corrected chi connectivity index (χ3v) is 5.40. The first-order valence-corrected chi connectivity index (χ1v) is 9.66. The highest BCUT2D eigenvalue weighted by atomic mass is 127. The zero-order chi connectivity index (χ0) is 19.2. The molecule has 0 saturated carbocycles. The van der Waals surface area contributed by atoms with E-state index in [0.29, 0.717) is 30.6 Å². The monoisotopic (exact) mass is 471 g/mol. The molecule has 5 nitrogen and oxygen atoms in total. The highest BCUT2D eigenvalue weighted by molar-refractivity contribution is 14.1. The molecule has 1 aromatic heterocycles. The van der Waals surface area contributed by atoms with E-state index in [0.717, 1.165) is 20.6 Å². The summed E-state index contributed by atoms with van der Waals surface area (Å²) in [6.45, 7) is 10.2. The topological polar surface area (TPSA) is 47.4 Å². The summed E-state index contributed by atoms with van der Waals surface area (Å²) >= 11 is 2.24. The van der Waals surface area contributed by atoms with E-state index < -0.39 is 5.60 Å². The first kappa shape index (κ1) is 19.1. The molecule has 0 saturated heterocycles. The molecule has 7 heteroatoms. The Labute approximate surface area is 166 Å². The zero-order valence-corrected chi connectivity index (χ0v) is 17.8. The minimum atomic E-state index is -0.516. The normalized spacial score (nSPS) is 14.3. The van der Waals surface area contributed by atoms with Crippen LogP contribution in [0.25, 0.3) is 5.69 Å². The van der Waals surface area contributed by atoms with Gasteiger partial charge >= 0.3 is 6.09 Å². The smallest absolute Gasteiger partial charge is 0.410 e. The van der Waals surface area contributed by atoms with E-state index in [9.17, 15) is 9.18 Å². The Morgan fingerprint density at radius 2 is 1.88 bits per heavy atom. The van der Waals surface area contributed by atoms with Gasteiger partial charge in [-0.25, -0.2) is 13.9 Å². The molecule has 0 radical (unpaired) electrons. The van der Waals surface area contributed by atoms with Gasteiger partial charge in [-0.1, -0.05) is 0 Å². The molecule has 1 aliphatic rings. The standard InChI is InChI=1S/C19H23FIN3O2/c1-11-8-13(9-12(2)16(11)20)24-17(21)14-10-23(7-6-15(14)22-24)18(25)26-19(3,4)5/h8-9H,6-7,10H2,1-5H3. The Morgan fingerprint density at radius 3 is 2.46 bits per heavy atom. The average molecular weight is 471 g/mol. The number of hydrogen-bond acceptors (Lipinski definition) is 3. The Hall–Kier alpha value is -1.64. The average Bonchev–Trinajstić information content (AvgIpc) is 2.87. The van der Waals surface area contributed by atoms with Crippen molar-refractivity contribution in [3.05, 3.63) is 44.0 Å². The first-order valence-electron chi connectivity index (χ1n) is 8.58. The first-order chi connectivity index (χ1) is 12.1. The van der Waals surface area contributed by atoms with E-state index in [1.54, 1.807) is 30.9 Å². The van der Waals surface area contributed by atoms with Gasteiger partial charge in [-0.15, -0.1) is 0 Å². The Morgan fingerprint density at radius 1 is 1.27 bits per heavy atom. The van der Waals surface area contributed by atoms with E-state index in [1.165, 1.54) is 0 Å². The van der Waals surface area contributed by atoms with Gasteiger partial charge in [0, 0.05) is 18.5 Å². The molecule has 0 fully saturated rings. The number of amides is 1. The number of aryl methyl sites for hydroxylation is 2. The maximum atomic E-state index is 13.9. The van der Waals surface area contributed by atoms with Gasteiger partial charge in [-0.2, -0.15) is 5.10 Å². The second-order valence-electron chi connectivity index (χ2n) is 7.67. The molecule has 0 aliphatic carbocycles. The van der Waals surface area contributed by atoms with Crippen LogP contribution in [0.1, 0.15) is 43.2 Å². The van der Waals surface area contributed by atoms with Crippen molar-refractivity contribution >= 4 is 28.7 Å². The van der Waals surface area contributed by atoms with Crippen molar-refractivity contribution in [2.75, 3.05) is 6.54 Å². The van der Waals surface area contributed by atoms with Gasteiger partial charge in [-0.05, 0) is 80.5 Å². The molecule has 140 valence electrons. The summed E-state index contributed by atoms with van der Waals surface area (Å²) in [6.07, 6.45) is 0.372. The molecule has 2 heterocycles. The molecule has 1 amide bonds. The molecule has 26 heavy (non-hydrogen) atoms. The van der Waals surface area contributed by atoms with Gasteiger partial charge in [0.15, 0.2) is 0 Å².